The number of hydrogen-bond acceptors (Lipinski definition) is 6. The number of nitrogens with one attached hydrogen (secondary N) is 1. The zero-order valence-electron chi connectivity index (χ0n) is 17.6. The molecule has 0 saturated heterocycles. The molecule has 0 spiro atoms. The summed E-state index contributed by atoms with van der Waals surface area (Å²) in [6.07, 6.45) is 0.952. The number of rotatable bonds is 8. The van der Waals surface area contributed by atoms with Gasteiger partial charge < -0.3 is 9.47 Å². The van der Waals surface area contributed by atoms with Crippen LogP contribution in [0, 0.1) is 0 Å². The molecule has 0 amide bonds. The van der Waals surface area contributed by atoms with Crippen LogP contribution < -0.4 is 14.2 Å². The Bertz CT molecular complexity index is 1130. The fourth-order valence-electron chi connectivity index (χ4n) is 3.97. The second-order valence-corrected chi connectivity index (χ2v) is 9.95. The van der Waals surface area contributed by atoms with Gasteiger partial charge in [-0.05, 0) is 52.1 Å². The van der Waals surface area contributed by atoms with Crippen LogP contribution in [0.25, 0.3) is 0 Å². The van der Waals surface area contributed by atoms with Gasteiger partial charge in [-0.25, -0.2) is 13.1 Å². The summed E-state index contributed by atoms with van der Waals surface area (Å²) in [6.45, 7) is 1.93. The summed E-state index contributed by atoms with van der Waals surface area (Å²) in [7, 11) is -0.834. The van der Waals surface area contributed by atoms with E-state index in [2.05, 4.69) is 45.3 Å². The zero-order valence-corrected chi connectivity index (χ0v) is 19.2. The summed E-state index contributed by atoms with van der Waals surface area (Å²) < 4.78 is 39.6. The molecule has 31 heavy (non-hydrogen) atoms. The van der Waals surface area contributed by atoms with Crippen molar-refractivity contribution < 1.29 is 17.9 Å². The molecule has 6 nitrogen and oxygen atoms in total. The van der Waals surface area contributed by atoms with Crippen LogP contribution in [0.4, 0.5) is 0 Å². The van der Waals surface area contributed by atoms with E-state index in [1.165, 1.54) is 31.4 Å². The van der Waals surface area contributed by atoms with Crippen LogP contribution in [0.3, 0.4) is 0 Å². The van der Waals surface area contributed by atoms with E-state index in [1.807, 2.05) is 5.38 Å². The van der Waals surface area contributed by atoms with Crippen molar-refractivity contribution in [1.29, 1.82) is 0 Å². The summed E-state index contributed by atoms with van der Waals surface area (Å²) in [5, 5.41) is 4.12. The van der Waals surface area contributed by atoms with Crippen molar-refractivity contribution in [3.05, 3.63) is 76.0 Å². The van der Waals surface area contributed by atoms with Gasteiger partial charge in [-0.2, -0.15) is 11.3 Å². The Kier molecular flexibility index (Phi) is 6.62. The van der Waals surface area contributed by atoms with Gasteiger partial charge in [0.2, 0.25) is 10.0 Å². The summed E-state index contributed by atoms with van der Waals surface area (Å²) in [5.41, 5.74) is 3.78. The van der Waals surface area contributed by atoms with Crippen LogP contribution in [0.1, 0.15) is 22.7 Å². The lowest BCUT2D eigenvalue weighted by Crippen LogP contribution is -2.40. The van der Waals surface area contributed by atoms with Crippen molar-refractivity contribution in [3.63, 3.8) is 0 Å². The first kappa shape index (κ1) is 21.8. The van der Waals surface area contributed by atoms with Gasteiger partial charge in [0.25, 0.3) is 0 Å². The van der Waals surface area contributed by atoms with Gasteiger partial charge in [0, 0.05) is 31.7 Å². The molecule has 1 atom stereocenters. The van der Waals surface area contributed by atoms with Crippen molar-refractivity contribution in [2.75, 3.05) is 27.3 Å². The van der Waals surface area contributed by atoms with Crippen LogP contribution >= 0.6 is 11.3 Å². The molecule has 1 aliphatic heterocycles. The smallest absolute Gasteiger partial charge is 0.244 e. The second kappa shape index (κ2) is 9.40. The average molecular weight is 459 g/mol. The Hall–Kier alpha value is -2.39. The quantitative estimate of drug-likeness (QED) is 0.556. The summed E-state index contributed by atoms with van der Waals surface area (Å²) >= 11 is 1.62. The minimum atomic E-state index is -3.80. The van der Waals surface area contributed by atoms with Gasteiger partial charge in [-0.15, -0.1) is 0 Å². The maximum Gasteiger partial charge on any atom is 0.244 e. The molecule has 1 unspecified atom stereocenters. The SMILES string of the molecule is COc1ccc(OC)c(S(=O)(=O)NCC(c2ccsc2)N2CCc3ccccc3C2)c1. The molecule has 4 rings (SSSR count). The minimum Gasteiger partial charge on any atom is -0.497 e. The van der Waals surface area contributed by atoms with Crippen LogP contribution in [-0.4, -0.2) is 40.6 Å². The number of thiophene rings is 1. The van der Waals surface area contributed by atoms with Crippen molar-refractivity contribution in [2.45, 2.75) is 23.9 Å². The molecular formula is C23H26N2O4S2. The first-order valence-electron chi connectivity index (χ1n) is 10.1. The van der Waals surface area contributed by atoms with Gasteiger partial charge in [-0.1, -0.05) is 24.3 Å². The first-order chi connectivity index (χ1) is 15.0. The Morgan fingerprint density at radius 3 is 2.61 bits per heavy atom. The molecule has 164 valence electrons. The van der Waals surface area contributed by atoms with Gasteiger partial charge in [-0.3, -0.25) is 4.90 Å². The maximum absolute atomic E-state index is 13.2. The minimum absolute atomic E-state index is 0.0639. The molecule has 8 heteroatoms. The number of sulfonamides is 1. The Morgan fingerprint density at radius 1 is 1.10 bits per heavy atom. The van der Waals surface area contributed by atoms with E-state index in [9.17, 15) is 8.42 Å². The highest BCUT2D eigenvalue weighted by Gasteiger charge is 2.28. The van der Waals surface area contributed by atoms with Gasteiger partial charge in [0.1, 0.15) is 16.4 Å². The topological polar surface area (TPSA) is 67.9 Å². The monoisotopic (exact) mass is 458 g/mol. The van der Waals surface area contributed by atoms with E-state index < -0.39 is 10.0 Å². The van der Waals surface area contributed by atoms with Crippen LogP contribution in [0.15, 0.2) is 64.2 Å². The molecule has 0 radical (unpaired) electrons. The van der Waals surface area contributed by atoms with Crippen LogP contribution in [-0.2, 0) is 23.0 Å². The van der Waals surface area contributed by atoms with E-state index in [0.717, 1.165) is 25.1 Å². The Morgan fingerprint density at radius 2 is 1.90 bits per heavy atom. The van der Waals surface area contributed by atoms with Crippen molar-refractivity contribution >= 4 is 21.4 Å². The standard InChI is InChI=1S/C23H26N2O4S2/c1-28-20-7-8-22(29-2)23(13-20)31(26,27)24-14-21(19-10-12-30-16-19)25-11-9-17-5-3-4-6-18(17)15-25/h3-8,10,12-13,16,21,24H,9,11,14-15H2,1-2H3. The molecular weight excluding hydrogens is 432 g/mol. The summed E-state index contributed by atoms with van der Waals surface area (Å²) in [6, 6.07) is 15.2. The molecule has 3 aromatic rings. The number of fused-ring (bicyclic) bond motifs is 1. The van der Waals surface area contributed by atoms with E-state index >= 15 is 0 Å². The fourth-order valence-corrected chi connectivity index (χ4v) is 5.89. The average Bonchev–Trinajstić information content (AvgIpc) is 3.33. The highest BCUT2D eigenvalue weighted by Crippen LogP contribution is 2.31. The highest BCUT2D eigenvalue weighted by molar-refractivity contribution is 7.89. The Balaban J connectivity index is 1.58. The van der Waals surface area contributed by atoms with Crippen molar-refractivity contribution in [3.8, 4) is 11.5 Å². The largest absolute Gasteiger partial charge is 0.497 e. The molecule has 1 aliphatic rings. The molecule has 0 aliphatic carbocycles. The maximum atomic E-state index is 13.2. The lowest BCUT2D eigenvalue weighted by Gasteiger charge is -2.35. The molecule has 1 aromatic heterocycles. The predicted octanol–water partition coefficient (Wildman–Crippen LogP) is 3.84. The first-order valence-corrected chi connectivity index (χ1v) is 12.5. The van der Waals surface area contributed by atoms with Crippen LogP contribution in [0.2, 0.25) is 0 Å². The summed E-state index contributed by atoms with van der Waals surface area (Å²) in [5.74, 6) is 0.746. The normalized spacial score (nSPS) is 15.3. The lowest BCUT2D eigenvalue weighted by molar-refractivity contribution is 0.180. The third-order valence-corrected chi connectivity index (χ3v) is 7.80. The number of ether oxygens (including phenoxy) is 2. The molecule has 0 fully saturated rings. The van der Waals surface area contributed by atoms with Gasteiger partial charge >= 0.3 is 0 Å². The Labute approximate surface area is 187 Å². The fraction of sp³-hybridized carbons (Fsp3) is 0.304. The van der Waals surface area contributed by atoms with E-state index in [-0.39, 0.29) is 23.2 Å². The summed E-state index contributed by atoms with van der Waals surface area (Å²) in [4.78, 5) is 2.41. The molecule has 0 saturated carbocycles. The van der Waals surface area contributed by atoms with E-state index in [1.54, 1.807) is 23.5 Å². The number of benzene rings is 2. The number of nitrogens with zero attached hydrogens (tertiary/aromatic N) is 1. The van der Waals surface area contributed by atoms with Crippen LogP contribution in [0.5, 0.6) is 11.5 Å². The number of methoxy groups -OCH3 is 2. The second-order valence-electron chi connectivity index (χ2n) is 7.43. The van der Waals surface area contributed by atoms with E-state index in [0.29, 0.717) is 5.75 Å². The van der Waals surface area contributed by atoms with Gasteiger partial charge in [0.05, 0.1) is 14.2 Å². The molecule has 1 N–H and O–H groups in total. The highest BCUT2D eigenvalue weighted by atomic mass is 32.2. The third kappa shape index (κ3) is 4.77. The third-order valence-electron chi connectivity index (χ3n) is 5.66. The van der Waals surface area contributed by atoms with Gasteiger partial charge in [0.15, 0.2) is 0 Å². The lowest BCUT2D eigenvalue weighted by atomic mass is 9.97. The molecule has 2 aromatic carbocycles. The molecule has 0 bridgehead atoms. The predicted molar refractivity (Wildman–Crippen MR) is 122 cm³/mol. The number of hydrogen-bond donors (Lipinski definition) is 1. The zero-order chi connectivity index (χ0) is 21.8. The molecule has 2 heterocycles. The van der Waals surface area contributed by atoms with Crippen molar-refractivity contribution in [1.82, 2.24) is 9.62 Å². The van der Waals surface area contributed by atoms with E-state index in [4.69, 9.17) is 9.47 Å². The van der Waals surface area contributed by atoms with Crippen molar-refractivity contribution in [2.24, 2.45) is 0 Å².